The van der Waals surface area contributed by atoms with E-state index in [4.69, 9.17) is 11.6 Å². The van der Waals surface area contributed by atoms with Crippen molar-refractivity contribution in [2.24, 2.45) is 0 Å². The number of halogens is 2. The van der Waals surface area contributed by atoms with Gasteiger partial charge in [-0.25, -0.2) is 4.68 Å². The van der Waals surface area contributed by atoms with E-state index in [1.54, 1.807) is 0 Å². The lowest BCUT2D eigenvalue weighted by atomic mass is 10.1. The first-order valence-corrected chi connectivity index (χ1v) is 7.66. The lowest BCUT2D eigenvalue weighted by Crippen LogP contribution is -2.08. The molecule has 0 radical (unpaired) electrons. The van der Waals surface area contributed by atoms with Crippen LogP contribution >= 0.6 is 34.2 Å². The van der Waals surface area contributed by atoms with Crippen molar-refractivity contribution in [1.82, 2.24) is 20.0 Å². The fourth-order valence-corrected chi connectivity index (χ4v) is 2.77. The van der Waals surface area contributed by atoms with E-state index in [1.807, 2.05) is 10.7 Å². The molecule has 4 nitrogen and oxygen atoms in total. The smallest absolute Gasteiger partial charge is 0.181 e. The molecular weight excluding hydrogens is 363 g/mol. The Morgan fingerprint density at radius 3 is 2.89 bits per heavy atom. The summed E-state index contributed by atoms with van der Waals surface area (Å²) in [7, 11) is 0. The molecule has 0 amide bonds. The number of hydrogen-bond acceptors (Lipinski definition) is 3. The summed E-state index contributed by atoms with van der Waals surface area (Å²) in [6.07, 6.45) is 4.83. The molecule has 2 aromatic heterocycles. The molecule has 0 aromatic carbocycles. The summed E-state index contributed by atoms with van der Waals surface area (Å²) in [5.74, 6) is 0. The van der Waals surface area contributed by atoms with Crippen LogP contribution in [0.25, 0.3) is 11.0 Å². The Balaban J connectivity index is 2.28. The fourth-order valence-electron chi connectivity index (χ4n) is 2.00. The van der Waals surface area contributed by atoms with Gasteiger partial charge in [-0.15, -0.1) is 10.2 Å². The van der Waals surface area contributed by atoms with Gasteiger partial charge in [-0.1, -0.05) is 37.8 Å². The van der Waals surface area contributed by atoms with Crippen molar-refractivity contribution in [2.45, 2.75) is 45.6 Å². The summed E-state index contributed by atoms with van der Waals surface area (Å²) in [6.45, 7) is 4.39. The van der Waals surface area contributed by atoms with Crippen molar-refractivity contribution in [3.63, 3.8) is 0 Å². The zero-order chi connectivity index (χ0) is 13.1. The van der Waals surface area contributed by atoms with Crippen molar-refractivity contribution in [3.8, 4) is 0 Å². The molecule has 2 heterocycles. The number of unbranched alkanes of at least 4 members (excludes halogenated alkanes) is 2. The third-order valence-corrected chi connectivity index (χ3v) is 4.00. The number of nitrogens with zero attached hydrogens (tertiary/aromatic N) is 4. The van der Waals surface area contributed by atoms with Crippen LogP contribution in [0.15, 0.2) is 6.07 Å². The van der Waals surface area contributed by atoms with Gasteiger partial charge in [0, 0.05) is 0 Å². The fraction of sp³-hybridized carbons (Fsp3) is 0.583. The van der Waals surface area contributed by atoms with E-state index in [2.05, 4.69) is 51.7 Å². The average molecular weight is 379 g/mol. The predicted octanol–water partition coefficient (Wildman–Crippen LogP) is 4.23. The number of aromatic nitrogens is 4. The number of rotatable bonds is 5. The second-order valence-corrected chi connectivity index (χ2v) is 5.89. The van der Waals surface area contributed by atoms with Crippen LogP contribution in [0.4, 0.5) is 0 Å². The maximum Gasteiger partial charge on any atom is 0.181 e. The molecule has 2 aromatic rings. The topological polar surface area (TPSA) is 43.6 Å². The maximum atomic E-state index is 5.87. The predicted molar refractivity (Wildman–Crippen MR) is 81.9 cm³/mol. The average Bonchev–Trinajstić information content (AvgIpc) is 2.67. The Labute approximate surface area is 125 Å². The zero-order valence-electron chi connectivity index (χ0n) is 10.5. The summed E-state index contributed by atoms with van der Waals surface area (Å²) in [4.78, 5) is 0. The maximum absolute atomic E-state index is 5.87. The van der Waals surface area contributed by atoms with Crippen LogP contribution in [0.1, 0.15) is 45.6 Å². The number of hydrogen-bond donors (Lipinski definition) is 0. The van der Waals surface area contributed by atoms with E-state index in [0.29, 0.717) is 11.2 Å². The summed E-state index contributed by atoms with van der Waals surface area (Å²) < 4.78 is 2.90. The van der Waals surface area contributed by atoms with Gasteiger partial charge in [-0.05, 0) is 42.0 Å². The minimum absolute atomic E-state index is 0.345. The molecule has 0 aliphatic rings. The Morgan fingerprint density at radius 2 is 2.17 bits per heavy atom. The summed E-state index contributed by atoms with van der Waals surface area (Å²) >= 11 is 8.08. The molecule has 0 aliphatic heterocycles. The second kappa shape index (κ2) is 6.14. The van der Waals surface area contributed by atoms with E-state index in [9.17, 15) is 0 Å². The third kappa shape index (κ3) is 2.93. The number of fused-ring (bicyclic) bond motifs is 1. The highest BCUT2D eigenvalue weighted by atomic mass is 127. The molecule has 6 heteroatoms. The van der Waals surface area contributed by atoms with Crippen LogP contribution in [-0.4, -0.2) is 20.0 Å². The highest BCUT2D eigenvalue weighted by Crippen LogP contribution is 2.25. The minimum atomic E-state index is 0.345. The van der Waals surface area contributed by atoms with Gasteiger partial charge >= 0.3 is 0 Å². The van der Waals surface area contributed by atoms with Gasteiger partial charge in [0.25, 0.3) is 0 Å². The largest absolute Gasteiger partial charge is 0.242 e. The molecule has 0 bridgehead atoms. The van der Waals surface area contributed by atoms with Crippen LogP contribution in [0.2, 0.25) is 5.15 Å². The third-order valence-electron chi connectivity index (χ3n) is 3.02. The molecule has 0 aliphatic carbocycles. The van der Waals surface area contributed by atoms with Crippen molar-refractivity contribution in [1.29, 1.82) is 0 Å². The van der Waals surface area contributed by atoms with Gasteiger partial charge < -0.3 is 0 Å². The van der Waals surface area contributed by atoms with Gasteiger partial charge in [0.05, 0.1) is 11.4 Å². The minimum Gasteiger partial charge on any atom is -0.242 e. The summed E-state index contributed by atoms with van der Waals surface area (Å²) in [5, 5.41) is 14.0. The standard InChI is InChI=1S/C12H16ClIN4/c1-3-4-5-6-8(2)18-12-9(11(14)17-18)7-10(13)15-16-12/h7-8H,3-6H2,1-2H3. The van der Waals surface area contributed by atoms with Crippen LogP contribution in [0.3, 0.4) is 0 Å². The molecule has 0 N–H and O–H groups in total. The Kier molecular flexibility index (Phi) is 4.77. The first-order chi connectivity index (χ1) is 8.63. The van der Waals surface area contributed by atoms with E-state index in [1.165, 1.54) is 19.3 Å². The lowest BCUT2D eigenvalue weighted by molar-refractivity contribution is 0.445. The van der Waals surface area contributed by atoms with Crippen LogP contribution in [0.5, 0.6) is 0 Å². The SMILES string of the molecule is CCCCCC(C)n1nc(I)c2cc(Cl)nnc21. The van der Waals surface area contributed by atoms with Gasteiger partial charge in [-0.3, -0.25) is 0 Å². The molecule has 18 heavy (non-hydrogen) atoms. The van der Waals surface area contributed by atoms with Gasteiger partial charge in [0.2, 0.25) is 0 Å². The quantitative estimate of drug-likeness (QED) is 0.578. The Morgan fingerprint density at radius 1 is 1.39 bits per heavy atom. The summed E-state index contributed by atoms with van der Waals surface area (Å²) in [5.41, 5.74) is 0.827. The Hall–Kier alpha value is -0.430. The van der Waals surface area contributed by atoms with Gasteiger partial charge in [0.1, 0.15) is 3.70 Å². The van der Waals surface area contributed by atoms with E-state index >= 15 is 0 Å². The molecule has 2 rings (SSSR count). The molecule has 1 atom stereocenters. The molecule has 0 fully saturated rings. The molecule has 1 unspecified atom stereocenters. The van der Waals surface area contributed by atoms with Crippen molar-refractivity contribution in [2.75, 3.05) is 0 Å². The first kappa shape index (κ1) is 14.0. The van der Waals surface area contributed by atoms with Gasteiger partial charge in [0.15, 0.2) is 10.8 Å². The highest BCUT2D eigenvalue weighted by molar-refractivity contribution is 14.1. The van der Waals surface area contributed by atoms with Crippen LogP contribution in [0, 0.1) is 3.70 Å². The van der Waals surface area contributed by atoms with Gasteiger partial charge in [-0.2, -0.15) is 5.10 Å². The van der Waals surface area contributed by atoms with Crippen molar-refractivity contribution in [3.05, 3.63) is 14.9 Å². The lowest BCUT2D eigenvalue weighted by Gasteiger charge is -2.12. The van der Waals surface area contributed by atoms with Crippen molar-refractivity contribution < 1.29 is 0 Å². The highest BCUT2D eigenvalue weighted by Gasteiger charge is 2.15. The molecular formula is C12H16ClIN4. The monoisotopic (exact) mass is 378 g/mol. The van der Waals surface area contributed by atoms with Crippen LogP contribution in [-0.2, 0) is 0 Å². The molecule has 0 spiro atoms. The van der Waals surface area contributed by atoms with E-state index in [0.717, 1.165) is 21.2 Å². The Bertz CT molecular complexity index is 540. The second-order valence-electron chi connectivity index (χ2n) is 4.48. The molecule has 0 saturated heterocycles. The van der Waals surface area contributed by atoms with Crippen LogP contribution < -0.4 is 0 Å². The van der Waals surface area contributed by atoms with E-state index < -0.39 is 0 Å². The van der Waals surface area contributed by atoms with Crippen molar-refractivity contribution >= 4 is 45.2 Å². The summed E-state index contributed by atoms with van der Waals surface area (Å²) in [6, 6.07) is 2.17. The zero-order valence-corrected chi connectivity index (χ0v) is 13.4. The molecule has 0 saturated carbocycles. The molecule has 98 valence electrons. The normalized spacial score (nSPS) is 13.1. The first-order valence-electron chi connectivity index (χ1n) is 6.20. The van der Waals surface area contributed by atoms with E-state index in [-0.39, 0.29) is 0 Å².